The summed E-state index contributed by atoms with van der Waals surface area (Å²) < 4.78 is 89.3. The van der Waals surface area contributed by atoms with Crippen molar-refractivity contribution in [3.8, 4) is 0 Å². The van der Waals surface area contributed by atoms with E-state index >= 15 is 0 Å². The van der Waals surface area contributed by atoms with Crippen molar-refractivity contribution in [3.63, 3.8) is 0 Å². The highest BCUT2D eigenvalue weighted by atomic mass is 19.4. The summed E-state index contributed by atoms with van der Waals surface area (Å²) in [6, 6.07) is 6.30. The van der Waals surface area contributed by atoms with Gasteiger partial charge in [0.1, 0.15) is 5.82 Å². The predicted molar refractivity (Wildman–Crippen MR) is 65.7 cm³/mol. The summed E-state index contributed by atoms with van der Waals surface area (Å²) in [6.45, 7) is 0. The molecule has 22 heavy (non-hydrogen) atoms. The van der Waals surface area contributed by atoms with Crippen molar-refractivity contribution in [2.24, 2.45) is 0 Å². The van der Waals surface area contributed by atoms with Crippen molar-refractivity contribution in [1.82, 2.24) is 0 Å². The first-order valence-corrected chi connectivity index (χ1v) is 6.08. The second-order valence-electron chi connectivity index (χ2n) is 4.72. The normalized spacial score (nSPS) is 12.5. The zero-order valence-electron chi connectivity index (χ0n) is 10.9. The maximum Gasteiger partial charge on any atom is 0.416 e. The zero-order chi connectivity index (χ0) is 16.5. The number of rotatable bonds is 2. The lowest BCUT2D eigenvalue weighted by molar-refractivity contribution is -0.143. The van der Waals surface area contributed by atoms with Crippen LogP contribution in [-0.4, -0.2) is 0 Å². The molecule has 0 radical (unpaired) electrons. The van der Waals surface area contributed by atoms with E-state index in [0.29, 0.717) is 12.1 Å². The van der Waals surface area contributed by atoms with Crippen LogP contribution < -0.4 is 0 Å². The lowest BCUT2D eigenvalue weighted by Gasteiger charge is -2.14. The van der Waals surface area contributed by atoms with Gasteiger partial charge in [0.15, 0.2) is 0 Å². The number of hydrogen-bond acceptors (Lipinski definition) is 0. The molecule has 0 atom stereocenters. The van der Waals surface area contributed by atoms with Gasteiger partial charge in [-0.25, -0.2) is 4.39 Å². The molecule has 0 fully saturated rings. The Hall–Kier alpha value is -2.05. The molecule has 0 aliphatic rings. The van der Waals surface area contributed by atoms with Crippen molar-refractivity contribution in [2.45, 2.75) is 18.8 Å². The van der Waals surface area contributed by atoms with Gasteiger partial charge in [-0.2, -0.15) is 26.3 Å². The van der Waals surface area contributed by atoms with Gasteiger partial charge in [-0.1, -0.05) is 12.1 Å². The molecule has 0 unspecified atom stereocenters. The van der Waals surface area contributed by atoms with E-state index in [1.165, 1.54) is 12.1 Å². The first-order chi connectivity index (χ1) is 10.1. The van der Waals surface area contributed by atoms with Crippen LogP contribution in [-0.2, 0) is 18.8 Å². The van der Waals surface area contributed by atoms with Crippen LogP contribution in [0.25, 0.3) is 0 Å². The summed E-state index contributed by atoms with van der Waals surface area (Å²) in [4.78, 5) is 0. The van der Waals surface area contributed by atoms with Crippen molar-refractivity contribution in [1.29, 1.82) is 0 Å². The molecule has 0 bridgehead atoms. The first-order valence-electron chi connectivity index (χ1n) is 6.08. The Balaban J connectivity index is 2.46. The van der Waals surface area contributed by atoms with Gasteiger partial charge in [0.2, 0.25) is 0 Å². The van der Waals surface area contributed by atoms with E-state index in [2.05, 4.69) is 0 Å². The molecule has 0 heterocycles. The van der Waals surface area contributed by atoms with Crippen LogP contribution in [0.5, 0.6) is 0 Å². The minimum atomic E-state index is -4.89. The Morgan fingerprint density at radius 3 is 1.68 bits per heavy atom. The van der Waals surface area contributed by atoms with Crippen LogP contribution in [0.3, 0.4) is 0 Å². The van der Waals surface area contributed by atoms with E-state index in [0.717, 1.165) is 12.1 Å². The monoisotopic (exact) mass is 322 g/mol. The van der Waals surface area contributed by atoms with Crippen LogP contribution in [0.1, 0.15) is 22.3 Å². The van der Waals surface area contributed by atoms with Crippen molar-refractivity contribution < 1.29 is 30.7 Å². The fourth-order valence-corrected chi connectivity index (χ4v) is 2.00. The maximum absolute atomic E-state index is 13.0. The number of benzene rings is 2. The fraction of sp³-hybridized carbons (Fsp3) is 0.200. The van der Waals surface area contributed by atoms with Gasteiger partial charge in [-0.05, 0) is 47.9 Å². The molecule has 7 heteroatoms. The molecule has 0 aliphatic carbocycles. The van der Waals surface area contributed by atoms with Crippen LogP contribution in [0.15, 0.2) is 42.5 Å². The van der Waals surface area contributed by atoms with Crippen LogP contribution >= 0.6 is 0 Å². The lowest BCUT2D eigenvalue weighted by atomic mass is 9.99. The lowest BCUT2D eigenvalue weighted by Crippen LogP contribution is -2.12. The van der Waals surface area contributed by atoms with Gasteiger partial charge >= 0.3 is 12.4 Å². The average Bonchev–Trinajstić information content (AvgIpc) is 2.36. The highest BCUT2D eigenvalue weighted by molar-refractivity contribution is 5.36. The van der Waals surface area contributed by atoms with Crippen molar-refractivity contribution in [3.05, 3.63) is 70.5 Å². The highest BCUT2D eigenvalue weighted by Crippen LogP contribution is 2.36. The standard InChI is InChI=1S/C15H9F7/c16-13-3-1-2-9(7-13)4-10-5-11(14(17,18)19)8-12(6-10)15(20,21)22/h1-3,5-8H,4H2. The summed E-state index contributed by atoms with van der Waals surface area (Å²) in [7, 11) is 0. The molecule has 0 saturated heterocycles. The largest absolute Gasteiger partial charge is 0.416 e. The Labute approximate surface area is 121 Å². The SMILES string of the molecule is Fc1cccc(Cc2cc(C(F)(F)F)cc(C(F)(F)F)c2)c1. The number of alkyl halides is 6. The van der Waals surface area contributed by atoms with E-state index in [-0.39, 0.29) is 23.6 Å². The van der Waals surface area contributed by atoms with Crippen molar-refractivity contribution >= 4 is 0 Å². The molecule has 2 aromatic rings. The van der Waals surface area contributed by atoms with Gasteiger partial charge in [-0.3, -0.25) is 0 Å². The van der Waals surface area contributed by atoms with Crippen LogP contribution in [0.2, 0.25) is 0 Å². The Bertz CT molecular complexity index is 636. The molecule has 0 nitrogen and oxygen atoms in total. The molecule has 0 amide bonds. The molecule has 0 spiro atoms. The van der Waals surface area contributed by atoms with Crippen LogP contribution in [0.4, 0.5) is 30.7 Å². The van der Waals surface area contributed by atoms with Gasteiger partial charge in [0, 0.05) is 0 Å². The first kappa shape index (κ1) is 16.3. The minimum Gasteiger partial charge on any atom is -0.207 e. The van der Waals surface area contributed by atoms with E-state index in [9.17, 15) is 30.7 Å². The molecule has 0 N–H and O–H groups in total. The summed E-state index contributed by atoms with van der Waals surface area (Å²) in [5, 5.41) is 0. The van der Waals surface area contributed by atoms with E-state index in [1.54, 1.807) is 0 Å². The van der Waals surface area contributed by atoms with E-state index in [4.69, 9.17) is 0 Å². The Kier molecular flexibility index (Phi) is 4.17. The van der Waals surface area contributed by atoms with Gasteiger partial charge in [0.05, 0.1) is 11.1 Å². The molecule has 118 valence electrons. The Morgan fingerprint density at radius 2 is 1.23 bits per heavy atom. The molecular formula is C15H9F7. The van der Waals surface area contributed by atoms with Crippen LogP contribution in [0, 0.1) is 5.82 Å². The third kappa shape index (κ3) is 3.99. The maximum atomic E-state index is 13.0. The second kappa shape index (κ2) is 5.62. The third-order valence-corrected chi connectivity index (χ3v) is 2.94. The molecule has 0 aromatic heterocycles. The van der Waals surface area contributed by atoms with Gasteiger partial charge < -0.3 is 0 Å². The van der Waals surface area contributed by atoms with Crippen molar-refractivity contribution in [2.75, 3.05) is 0 Å². The summed E-state index contributed by atoms with van der Waals surface area (Å²) in [5.41, 5.74) is -2.66. The predicted octanol–water partition coefficient (Wildman–Crippen LogP) is 5.45. The molecule has 0 saturated carbocycles. The minimum absolute atomic E-state index is 0.0646. The summed E-state index contributed by atoms with van der Waals surface area (Å²) >= 11 is 0. The number of halogens is 7. The van der Waals surface area contributed by atoms with E-state index < -0.39 is 29.3 Å². The number of hydrogen-bond donors (Lipinski definition) is 0. The summed E-state index contributed by atoms with van der Waals surface area (Å²) in [6.07, 6.45) is -10.0. The molecular weight excluding hydrogens is 313 g/mol. The van der Waals surface area contributed by atoms with E-state index in [1.807, 2.05) is 0 Å². The smallest absolute Gasteiger partial charge is 0.207 e. The zero-order valence-corrected chi connectivity index (χ0v) is 10.9. The fourth-order valence-electron chi connectivity index (χ4n) is 2.00. The Morgan fingerprint density at radius 1 is 0.682 bits per heavy atom. The molecule has 2 aromatic carbocycles. The average molecular weight is 322 g/mol. The third-order valence-electron chi connectivity index (χ3n) is 2.94. The summed E-state index contributed by atoms with van der Waals surface area (Å²) in [5.74, 6) is -0.611. The highest BCUT2D eigenvalue weighted by Gasteiger charge is 2.36. The topological polar surface area (TPSA) is 0 Å². The van der Waals surface area contributed by atoms with Gasteiger partial charge in [-0.15, -0.1) is 0 Å². The second-order valence-corrected chi connectivity index (χ2v) is 4.72. The molecule has 0 aliphatic heterocycles. The van der Waals surface area contributed by atoms with Gasteiger partial charge in [0.25, 0.3) is 0 Å². The quantitative estimate of drug-likeness (QED) is 0.645. The molecule has 2 rings (SSSR count).